The van der Waals surface area contributed by atoms with E-state index in [2.05, 4.69) is 4.74 Å². The average molecular weight is 262 g/mol. The lowest BCUT2D eigenvalue weighted by Crippen LogP contribution is -2.48. The molecule has 2 fully saturated rings. The van der Waals surface area contributed by atoms with Gasteiger partial charge in [0.2, 0.25) is 0 Å². The second-order valence-electron chi connectivity index (χ2n) is 4.39. The van der Waals surface area contributed by atoms with Gasteiger partial charge in [0.05, 0.1) is 11.8 Å². The number of esters is 2. The minimum atomic E-state index is -3.53. The third-order valence-corrected chi connectivity index (χ3v) is 5.08. The van der Waals surface area contributed by atoms with Crippen molar-refractivity contribution < 1.29 is 22.7 Å². The summed E-state index contributed by atoms with van der Waals surface area (Å²) in [5.74, 6) is -2.26. The van der Waals surface area contributed by atoms with Crippen LogP contribution in [0.1, 0.15) is 6.42 Å². The molecule has 0 amide bonds. The lowest BCUT2D eigenvalue weighted by Gasteiger charge is -2.32. The fourth-order valence-electron chi connectivity index (χ4n) is 2.13. The molecule has 0 aromatic carbocycles. The number of carbonyl (C=O) groups is 2. The van der Waals surface area contributed by atoms with E-state index in [4.69, 9.17) is 0 Å². The van der Waals surface area contributed by atoms with E-state index in [1.165, 1.54) is 18.4 Å². The van der Waals surface area contributed by atoms with Crippen molar-refractivity contribution in [2.75, 3.05) is 27.2 Å². The first kappa shape index (κ1) is 12.5. The monoisotopic (exact) mass is 262 g/mol. The van der Waals surface area contributed by atoms with E-state index < -0.39 is 34.0 Å². The van der Waals surface area contributed by atoms with Gasteiger partial charge in [0, 0.05) is 27.2 Å². The predicted octanol–water partition coefficient (Wildman–Crippen LogP) is -1.19. The van der Waals surface area contributed by atoms with E-state index in [0.29, 0.717) is 6.42 Å². The standard InChI is InChI=1S/C9H14N2O5S/c1-10(2)17(14,15)11-4-3-6-7(5-11)9(13)16-8(6)12/h6-7H,3-5H2,1-2H3. The van der Waals surface area contributed by atoms with Gasteiger partial charge >= 0.3 is 11.9 Å². The van der Waals surface area contributed by atoms with Crippen molar-refractivity contribution >= 4 is 22.1 Å². The highest BCUT2D eigenvalue weighted by atomic mass is 32.2. The van der Waals surface area contributed by atoms with Crippen LogP contribution in [0, 0.1) is 11.8 Å². The van der Waals surface area contributed by atoms with Crippen molar-refractivity contribution in [1.29, 1.82) is 0 Å². The van der Waals surface area contributed by atoms with Gasteiger partial charge in [0.15, 0.2) is 0 Å². The Labute approximate surface area is 99.5 Å². The predicted molar refractivity (Wildman–Crippen MR) is 56.9 cm³/mol. The summed E-state index contributed by atoms with van der Waals surface area (Å²) in [4.78, 5) is 22.7. The number of carbonyl (C=O) groups excluding carboxylic acids is 2. The summed E-state index contributed by atoms with van der Waals surface area (Å²) in [7, 11) is -0.672. The van der Waals surface area contributed by atoms with E-state index in [0.717, 1.165) is 4.31 Å². The molecule has 2 heterocycles. The van der Waals surface area contributed by atoms with Crippen molar-refractivity contribution in [3.8, 4) is 0 Å². The van der Waals surface area contributed by atoms with Gasteiger partial charge in [-0.25, -0.2) is 0 Å². The Kier molecular flexibility index (Phi) is 2.96. The first-order chi connectivity index (χ1) is 7.84. The smallest absolute Gasteiger partial charge is 0.318 e. The Morgan fingerprint density at radius 3 is 2.41 bits per heavy atom. The molecular weight excluding hydrogens is 248 g/mol. The molecule has 96 valence electrons. The lowest BCUT2D eigenvalue weighted by atomic mass is 9.89. The molecule has 0 bridgehead atoms. The van der Waals surface area contributed by atoms with Gasteiger partial charge in [-0.1, -0.05) is 0 Å². The third kappa shape index (κ3) is 1.96. The normalized spacial score (nSPS) is 30.5. The Morgan fingerprint density at radius 2 is 1.82 bits per heavy atom. The number of piperidine rings is 1. The van der Waals surface area contributed by atoms with Crippen LogP contribution in [0.25, 0.3) is 0 Å². The third-order valence-electron chi connectivity index (χ3n) is 3.17. The zero-order valence-electron chi connectivity index (χ0n) is 9.62. The van der Waals surface area contributed by atoms with Crippen LogP contribution in [-0.2, 0) is 24.5 Å². The summed E-state index contributed by atoms with van der Waals surface area (Å²) < 4.78 is 30.6. The number of hydrogen-bond donors (Lipinski definition) is 0. The molecule has 2 aliphatic rings. The summed E-state index contributed by atoms with van der Waals surface area (Å²) in [6.07, 6.45) is 0.336. The van der Waals surface area contributed by atoms with Crippen LogP contribution in [-0.4, -0.2) is 56.2 Å². The molecule has 0 radical (unpaired) electrons. The van der Waals surface area contributed by atoms with Crippen LogP contribution in [0.4, 0.5) is 0 Å². The maximum absolute atomic E-state index is 11.9. The summed E-state index contributed by atoms with van der Waals surface area (Å²) in [5.41, 5.74) is 0. The highest BCUT2D eigenvalue weighted by Crippen LogP contribution is 2.32. The number of nitrogens with zero attached hydrogens (tertiary/aromatic N) is 2. The molecule has 2 atom stereocenters. The van der Waals surface area contributed by atoms with Gasteiger partial charge in [0.1, 0.15) is 0 Å². The van der Waals surface area contributed by atoms with Crippen LogP contribution in [0.15, 0.2) is 0 Å². The molecule has 2 aliphatic heterocycles. The van der Waals surface area contributed by atoms with E-state index in [1.54, 1.807) is 0 Å². The van der Waals surface area contributed by atoms with Crippen molar-refractivity contribution in [1.82, 2.24) is 8.61 Å². The Hall–Kier alpha value is -0.990. The van der Waals surface area contributed by atoms with Crippen LogP contribution in [0.2, 0.25) is 0 Å². The van der Waals surface area contributed by atoms with E-state index >= 15 is 0 Å². The highest BCUT2D eigenvalue weighted by Gasteiger charge is 2.49. The van der Waals surface area contributed by atoms with Crippen LogP contribution in [0.3, 0.4) is 0 Å². The van der Waals surface area contributed by atoms with Crippen LogP contribution >= 0.6 is 0 Å². The molecule has 0 N–H and O–H groups in total. The first-order valence-corrected chi connectivity index (χ1v) is 6.67. The van der Waals surface area contributed by atoms with Gasteiger partial charge < -0.3 is 4.74 Å². The summed E-state index contributed by atoms with van der Waals surface area (Å²) in [6.45, 7) is 0.264. The van der Waals surface area contributed by atoms with Crippen molar-refractivity contribution in [2.45, 2.75) is 6.42 Å². The van der Waals surface area contributed by atoms with E-state index in [-0.39, 0.29) is 13.1 Å². The van der Waals surface area contributed by atoms with Gasteiger partial charge in [0.25, 0.3) is 10.2 Å². The van der Waals surface area contributed by atoms with Crippen molar-refractivity contribution in [2.24, 2.45) is 11.8 Å². The molecule has 0 aliphatic carbocycles. The number of hydrogen-bond acceptors (Lipinski definition) is 5. The number of ether oxygens (including phenoxy) is 1. The lowest BCUT2D eigenvalue weighted by molar-refractivity contribution is -0.153. The minimum absolute atomic E-state index is 0.0236. The summed E-state index contributed by atoms with van der Waals surface area (Å²) in [6, 6.07) is 0. The van der Waals surface area contributed by atoms with Gasteiger partial charge in [-0.3, -0.25) is 9.59 Å². The SMILES string of the molecule is CN(C)S(=O)(=O)N1CCC2C(=O)OC(=O)C2C1. The van der Waals surface area contributed by atoms with Crippen molar-refractivity contribution in [3.63, 3.8) is 0 Å². The number of cyclic esters (lactones) is 2. The van der Waals surface area contributed by atoms with Gasteiger partial charge in [-0.05, 0) is 6.42 Å². The van der Waals surface area contributed by atoms with Gasteiger partial charge in [-0.2, -0.15) is 17.0 Å². The molecule has 0 spiro atoms. The Bertz CT molecular complexity index is 458. The number of fused-ring (bicyclic) bond motifs is 1. The fourth-order valence-corrected chi connectivity index (χ4v) is 3.28. The summed E-state index contributed by atoms with van der Waals surface area (Å²) in [5, 5.41) is 0. The molecule has 8 heteroatoms. The topological polar surface area (TPSA) is 84.0 Å². The van der Waals surface area contributed by atoms with Gasteiger partial charge in [-0.15, -0.1) is 0 Å². The fraction of sp³-hybridized carbons (Fsp3) is 0.778. The second-order valence-corrected chi connectivity index (χ2v) is 6.53. The highest BCUT2D eigenvalue weighted by molar-refractivity contribution is 7.86. The molecule has 0 aromatic heterocycles. The molecule has 0 saturated carbocycles. The average Bonchev–Trinajstić information content (AvgIpc) is 2.54. The number of rotatable bonds is 2. The molecule has 2 rings (SSSR count). The Morgan fingerprint density at radius 1 is 1.24 bits per heavy atom. The second kappa shape index (κ2) is 4.04. The molecule has 0 aromatic rings. The zero-order chi connectivity index (χ0) is 12.8. The molecule has 17 heavy (non-hydrogen) atoms. The molecule has 2 unspecified atom stereocenters. The largest absolute Gasteiger partial charge is 0.393 e. The van der Waals surface area contributed by atoms with Crippen molar-refractivity contribution in [3.05, 3.63) is 0 Å². The minimum Gasteiger partial charge on any atom is -0.393 e. The quantitative estimate of drug-likeness (QED) is 0.462. The first-order valence-electron chi connectivity index (χ1n) is 5.27. The molecule has 2 saturated heterocycles. The Balaban J connectivity index is 2.19. The molecular formula is C9H14N2O5S. The van der Waals surface area contributed by atoms with Crippen LogP contribution < -0.4 is 0 Å². The molecule has 7 nitrogen and oxygen atoms in total. The van der Waals surface area contributed by atoms with E-state index in [1.807, 2.05) is 0 Å². The zero-order valence-corrected chi connectivity index (χ0v) is 10.4. The maximum Gasteiger partial charge on any atom is 0.318 e. The maximum atomic E-state index is 11.9. The van der Waals surface area contributed by atoms with Crippen LogP contribution in [0.5, 0.6) is 0 Å². The van der Waals surface area contributed by atoms with E-state index in [9.17, 15) is 18.0 Å². The summed E-state index contributed by atoms with van der Waals surface area (Å²) >= 11 is 0.